The number of carbonyl (C=O) groups is 1. The number of benzene rings is 1. The van der Waals surface area contributed by atoms with E-state index in [1.54, 1.807) is 24.3 Å². The number of piperidine rings is 1. The summed E-state index contributed by atoms with van der Waals surface area (Å²) in [4.78, 5) is 14.8. The average molecular weight is 406 g/mol. The van der Waals surface area contributed by atoms with Crippen LogP contribution in [0.4, 0.5) is 4.39 Å². The maximum Gasteiger partial charge on any atom is 0.287 e. The summed E-state index contributed by atoms with van der Waals surface area (Å²) in [6, 6.07) is 8.35. The Labute approximate surface area is 163 Å². The van der Waals surface area contributed by atoms with Crippen LogP contribution in [0, 0.1) is 5.82 Å². The third kappa shape index (κ3) is 4.12. The molecule has 0 aliphatic carbocycles. The van der Waals surface area contributed by atoms with Crippen molar-refractivity contribution in [2.75, 3.05) is 24.6 Å². The summed E-state index contributed by atoms with van der Waals surface area (Å²) >= 11 is 0. The van der Waals surface area contributed by atoms with Crippen LogP contribution in [0.3, 0.4) is 0 Å². The SMILES string of the molecule is O=C(NC1CS(=O)(=O)CC1N1CCCCC1)c1ccc(-c2ccc(F)cc2)o1. The van der Waals surface area contributed by atoms with Crippen molar-refractivity contribution in [3.63, 3.8) is 0 Å². The Morgan fingerprint density at radius 2 is 1.75 bits per heavy atom. The van der Waals surface area contributed by atoms with Gasteiger partial charge in [0.15, 0.2) is 15.6 Å². The Balaban J connectivity index is 1.48. The molecule has 2 unspecified atom stereocenters. The molecule has 150 valence electrons. The van der Waals surface area contributed by atoms with Gasteiger partial charge in [0.05, 0.1) is 17.5 Å². The van der Waals surface area contributed by atoms with Gasteiger partial charge in [-0.15, -0.1) is 0 Å². The fourth-order valence-corrected chi connectivity index (χ4v) is 6.00. The van der Waals surface area contributed by atoms with Gasteiger partial charge in [-0.25, -0.2) is 12.8 Å². The van der Waals surface area contributed by atoms with Crippen molar-refractivity contribution in [2.45, 2.75) is 31.3 Å². The topological polar surface area (TPSA) is 79.6 Å². The lowest BCUT2D eigenvalue weighted by Gasteiger charge is -2.34. The molecule has 28 heavy (non-hydrogen) atoms. The van der Waals surface area contributed by atoms with Gasteiger partial charge in [-0.05, 0) is 62.3 Å². The first-order valence-corrected chi connectivity index (χ1v) is 11.3. The predicted molar refractivity (Wildman–Crippen MR) is 103 cm³/mol. The van der Waals surface area contributed by atoms with Gasteiger partial charge in [0, 0.05) is 11.6 Å². The van der Waals surface area contributed by atoms with Gasteiger partial charge in [0.2, 0.25) is 0 Å². The number of rotatable bonds is 4. The van der Waals surface area contributed by atoms with Gasteiger partial charge in [-0.1, -0.05) is 6.42 Å². The zero-order chi connectivity index (χ0) is 19.7. The van der Waals surface area contributed by atoms with E-state index in [0.717, 1.165) is 32.4 Å². The first kappa shape index (κ1) is 19.1. The smallest absolute Gasteiger partial charge is 0.287 e. The number of furan rings is 1. The summed E-state index contributed by atoms with van der Waals surface area (Å²) in [7, 11) is -3.19. The molecular formula is C20H23FN2O4S. The Bertz CT molecular complexity index is 949. The van der Waals surface area contributed by atoms with Crippen molar-refractivity contribution in [3.8, 4) is 11.3 Å². The van der Waals surface area contributed by atoms with Crippen LogP contribution in [0.5, 0.6) is 0 Å². The summed E-state index contributed by atoms with van der Waals surface area (Å²) in [5, 5.41) is 2.86. The second kappa shape index (κ2) is 7.67. The minimum atomic E-state index is -3.19. The standard InChI is InChI=1S/C20H23FN2O4S/c21-15-6-4-14(5-7-15)18-8-9-19(27-18)20(24)22-16-12-28(25,26)13-17(16)23-10-2-1-3-11-23/h4-9,16-17H,1-3,10-13H2,(H,22,24). The molecule has 2 aromatic rings. The fraction of sp³-hybridized carbons (Fsp3) is 0.450. The molecule has 2 saturated heterocycles. The molecule has 2 fully saturated rings. The van der Waals surface area contributed by atoms with Crippen LogP contribution >= 0.6 is 0 Å². The molecule has 0 saturated carbocycles. The number of hydrogen-bond acceptors (Lipinski definition) is 5. The second-order valence-electron chi connectivity index (χ2n) is 7.49. The lowest BCUT2D eigenvalue weighted by Crippen LogP contribution is -2.52. The number of sulfone groups is 1. The first-order chi connectivity index (χ1) is 13.4. The van der Waals surface area contributed by atoms with Crippen LogP contribution in [0.15, 0.2) is 40.8 Å². The van der Waals surface area contributed by atoms with Crippen LogP contribution in [-0.4, -0.2) is 55.9 Å². The highest BCUT2D eigenvalue weighted by Gasteiger charge is 2.42. The van der Waals surface area contributed by atoms with E-state index in [-0.39, 0.29) is 29.1 Å². The van der Waals surface area contributed by atoms with Gasteiger partial charge in [-0.3, -0.25) is 9.69 Å². The van der Waals surface area contributed by atoms with Gasteiger partial charge in [0.1, 0.15) is 11.6 Å². The molecule has 0 bridgehead atoms. The Kier molecular flexibility index (Phi) is 5.25. The van der Waals surface area contributed by atoms with Crippen molar-refractivity contribution < 1.29 is 22.0 Å². The maximum atomic E-state index is 13.1. The molecule has 0 radical (unpaired) electrons. The maximum absolute atomic E-state index is 13.1. The average Bonchev–Trinajstić information content (AvgIpc) is 3.28. The quantitative estimate of drug-likeness (QED) is 0.844. The number of carbonyl (C=O) groups excluding carboxylic acids is 1. The lowest BCUT2D eigenvalue weighted by molar-refractivity contribution is 0.0873. The summed E-state index contributed by atoms with van der Waals surface area (Å²) in [5.41, 5.74) is 0.662. The molecule has 1 aromatic carbocycles. The van der Waals surface area contributed by atoms with E-state index in [1.807, 2.05) is 0 Å². The minimum Gasteiger partial charge on any atom is -0.451 e. The van der Waals surface area contributed by atoms with Gasteiger partial charge >= 0.3 is 0 Å². The van der Waals surface area contributed by atoms with Crippen LogP contribution in [0.2, 0.25) is 0 Å². The summed E-state index contributed by atoms with van der Waals surface area (Å²) in [5.74, 6) is -0.183. The molecule has 2 aliphatic rings. The van der Waals surface area contributed by atoms with E-state index in [4.69, 9.17) is 4.42 Å². The number of hydrogen-bond donors (Lipinski definition) is 1. The Morgan fingerprint density at radius 3 is 2.46 bits per heavy atom. The molecule has 2 aliphatic heterocycles. The monoisotopic (exact) mass is 406 g/mol. The molecule has 6 nitrogen and oxygen atoms in total. The van der Waals surface area contributed by atoms with Gasteiger partial charge in [0.25, 0.3) is 5.91 Å². The Morgan fingerprint density at radius 1 is 1.04 bits per heavy atom. The van der Waals surface area contributed by atoms with Crippen LogP contribution < -0.4 is 5.32 Å². The molecule has 1 amide bonds. The zero-order valence-electron chi connectivity index (χ0n) is 15.4. The van der Waals surface area contributed by atoms with E-state index in [1.165, 1.54) is 12.1 Å². The molecular weight excluding hydrogens is 383 g/mol. The summed E-state index contributed by atoms with van der Waals surface area (Å²) < 4.78 is 43.1. The normalized spacial score (nSPS) is 24.9. The lowest BCUT2D eigenvalue weighted by atomic mass is 10.0. The molecule has 4 rings (SSSR count). The molecule has 8 heteroatoms. The summed E-state index contributed by atoms with van der Waals surface area (Å²) in [6.07, 6.45) is 3.26. The molecule has 1 aromatic heterocycles. The van der Waals surface area contributed by atoms with E-state index >= 15 is 0 Å². The van der Waals surface area contributed by atoms with E-state index in [9.17, 15) is 17.6 Å². The number of amides is 1. The number of likely N-dealkylation sites (tertiary alicyclic amines) is 1. The predicted octanol–water partition coefficient (Wildman–Crippen LogP) is 2.47. The van der Waals surface area contributed by atoms with Crippen LogP contribution in [0.25, 0.3) is 11.3 Å². The van der Waals surface area contributed by atoms with Crippen molar-refractivity contribution >= 4 is 15.7 Å². The van der Waals surface area contributed by atoms with E-state index < -0.39 is 21.8 Å². The molecule has 2 atom stereocenters. The Hall–Kier alpha value is -2.19. The number of halogens is 1. The summed E-state index contributed by atoms with van der Waals surface area (Å²) in [6.45, 7) is 1.73. The van der Waals surface area contributed by atoms with E-state index in [2.05, 4.69) is 10.2 Å². The van der Waals surface area contributed by atoms with Crippen molar-refractivity contribution in [3.05, 3.63) is 48.0 Å². The van der Waals surface area contributed by atoms with Crippen LogP contribution in [-0.2, 0) is 9.84 Å². The highest BCUT2D eigenvalue weighted by atomic mass is 32.2. The second-order valence-corrected chi connectivity index (χ2v) is 9.65. The number of nitrogens with zero attached hydrogens (tertiary/aromatic N) is 1. The van der Waals surface area contributed by atoms with Crippen molar-refractivity contribution in [2.24, 2.45) is 0 Å². The zero-order valence-corrected chi connectivity index (χ0v) is 16.3. The fourth-order valence-electron chi connectivity index (χ4n) is 4.05. The number of nitrogens with one attached hydrogen (secondary N) is 1. The minimum absolute atomic E-state index is 0.0502. The third-order valence-electron chi connectivity index (χ3n) is 5.46. The largest absolute Gasteiger partial charge is 0.451 e. The van der Waals surface area contributed by atoms with Crippen molar-refractivity contribution in [1.29, 1.82) is 0 Å². The third-order valence-corrected chi connectivity index (χ3v) is 7.17. The molecule has 1 N–H and O–H groups in total. The van der Waals surface area contributed by atoms with Gasteiger partial charge < -0.3 is 9.73 Å². The molecule has 0 spiro atoms. The highest BCUT2D eigenvalue weighted by Crippen LogP contribution is 2.25. The first-order valence-electron chi connectivity index (χ1n) is 9.52. The van der Waals surface area contributed by atoms with Crippen LogP contribution in [0.1, 0.15) is 29.8 Å². The van der Waals surface area contributed by atoms with Crippen molar-refractivity contribution in [1.82, 2.24) is 10.2 Å². The van der Waals surface area contributed by atoms with Gasteiger partial charge in [-0.2, -0.15) is 0 Å². The molecule has 3 heterocycles. The van der Waals surface area contributed by atoms with E-state index in [0.29, 0.717) is 11.3 Å². The highest BCUT2D eigenvalue weighted by molar-refractivity contribution is 7.91.